The van der Waals surface area contributed by atoms with E-state index in [0.717, 1.165) is 24.3 Å². The lowest BCUT2D eigenvalue weighted by atomic mass is 10.0. The van der Waals surface area contributed by atoms with Gasteiger partial charge in [0.1, 0.15) is 0 Å². The lowest BCUT2D eigenvalue weighted by molar-refractivity contribution is -0.118. The molecule has 0 N–H and O–H groups in total. The number of para-hydroxylation sites is 1. The van der Waals surface area contributed by atoms with Gasteiger partial charge in [0, 0.05) is 31.9 Å². The Labute approximate surface area is 138 Å². The van der Waals surface area contributed by atoms with Crippen LogP contribution in [0.2, 0.25) is 0 Å². The average Bonchev–Trinajstić information content (AvgIpc) is 2.53. The largest absolute Gasteiger partial charge is 0.378 e. The minimum Gasteiger partial charge on any atom is -0.378 e. The van der Waals surface area contributed by atoms with Crippen LogP contribution in [0.25, 0.3) is 0 Å². The summed E-state index contributed by atoms with van der Waals surface area (Å²) in [5, 5.41) is 0. The zero-order chi connectivity index (χ0) is 16.4. The van der Waals surface area contributed by atoms with Crippen molar-refractivity contribution in [1.82, 2.24) is 4.90 Å². The lowest BCUT2D eigenvalue weighted by Crippen LogP contribution is -2.54. The van der Waals surface area contributed by atoms with Gasteiger partial charge < -0.3 is 19.3 Å². The number of hydrogen-bond donors (Lipinski definition) is 0. The normalized spacial score (nSPS) is 24.6. The van der Waals surface area contributed by atoms with Gasteiger partial charge in [0.05, 0.1) is 30.5 Å². The molecule has 2 saturated heterocycles. The molecular formula is C18H26N2O3. The Morgan fingerprint density at radius 2 is 1.91 bits per heavy atom. The number of anilines is 1. The average molecular weight is 318 g/mol. The van der Waals surface area contributed by atoms with Gasteiger partial charge in [-0.2, -0.15) is 0 Å². The molecule has 5 nitrogen and oxygen atoms in total. The minimum atomic E-state index is -0.304. The first-order chi connectivity index (χ1) is 11.0. The maximum atomic E-state index is 13.1. The van der Waals surface area contributed by atoms with Crippen LogP contribution in [-0.2, 0) is 9.47 Å². The fourth-order valence-electron chi connectivity index (χ4n) is 3.51. The summed E-state index contributed by atoms with van der Waals surface area (Å²) in [6, 6.07) is 7.90. The maximum Gasteiger partial charge on any atom is 0.256 e. The Hall–Kier alpha value is -1.59. The van der Waals surface area contributed by atoms with Crippen LogP contribution in [0.3, 0.4) is 0 Å². The minimum absolute atomic E-state index is 0.0539. The molecule has 2 heterocycles. The second kappa shape index (κ2) is 6.49. The monoisotopic (exact) mass is 318 g/mol. The lowest BCUT2D eigenvalue weighted by Gasteiger charge is -2.42. The van der Waals surface area contributed by atoms with Crippen molar-refractivity contribution in [1.29, 1.82) is 0 Å². The Bertz CT molecular complexity index is 567. The fourth-order valence-corrected chi connectivity index (χ4v) is 3.51. The van der Waals surface area contributed by atoms with Crippen LogP contribution in [-0.4, -0.2) is 61.9 Å². The van der Waals surface area contributed by atoms with Gasteiger partial charge in [-0.1, -0.05) is 12.1 Å². The Morgan fingerprint density at radius 3 is 2.61 bits per heavy atom. The van der Waals surface area contributed by atoms with E-state index in [4.69, 9.17) is 9.47 Å². The summed E-state index contributed by atoms with van der Waals surface area (Å²) in [5.41, 5.74) is 1.48. The van der Waals surface area contributed by atoms with Crippen LogP contribution < -0.4 is 4.90 Å². The zero-order valence-electron chi connectivity index (χ0n) is 14.2. The predicted octanol–water partition coefficient (Wildman–Crippen LogP) is 2.16. The van der Waals surface area contributed by atoms with Crippen LogP contribution in [0.1, 0.15) is 31.1 Å². The summed E-state index contributed by atoms with van der Waals surface area (Å²) in [6.07, 6.45) is 0.0539. The van der Waals surface area contributed by atoms with Crippen molar-refractivity contribution >= 4 is 11.6 Å². The van der Waals surface area contributed by atoms with Crippen molar-refractivity contribution in [2.24, 2.45) is 0 Å². The molecule has 0 spiro atoms. The molecule has 0 bridgehead atoms. The number of carbonyl (C=O) groups is 1. The van der Waals surface area contributed by atoms with Crippen molar-refractivity contribution in [3.05, 3.63) is 29.8 Å². The highest BCUT2D eigenvalue weighted by atomic mass is 16.5. The smallest absolute Gasteiger partial charge is 0.256 e. The molecule has 1 aromatic carbocycles. The third-order valence-corrected chi connectivity index (χ3v) is 4.34. The summed E-state index contributed by atoms with van der Waals surface area (Å²) >= 11 is 0. The number of morpholine rings is 2. The van der Waals surface area contributed by atoms with Crippen LogP contribution in [0.15, 0.2) is 24.3 Å². The van der Waals surface area contributed by atoms with E-state index in [0.29, 0.717) is 26.3 Å². The Kier molecular flexibility index (Phi) is 4.60. The first-order valence-electron chi connectivity index (χ1n) is 8.35. The number of carbonyl (C=O) groups excluding carboxylic acids is 1. The number of amides is 1. The third kappa shape index (κ3) is 3.67. The Morgan fingerprint density at radius 1 is 1.22 bits per heavy atom. The molecule has 1 amide bonds. The second-order valence-corrected chi connectivity index (χ2v) is 6.99. The second-order valence-electron chi connectivity index (χ2n) is 6.99. The van der Waals surface area contributed by atoms with Crippen molar-refractivity contribution in [3.8, 4) is 0 Å². The molecule has 5 heteroatoms. The van der Waals surface area contributed by atoms with Gasteiger partial charge >= 0.3 is 0 Å². The highest BCUT2D eigenvalue weighted by Crippen LogP contribution is 2.27. The highest BCUT2D eigenvalue weighted by molar-refractivity contribution is 6.00. The maximum absolute atomic E-state index is 13.1. The number of nitrogens with zero attached hydrogens (tertiary/aromatic N) is 2. The highest BCUT2D eigenvalue weighted by Gasteiger charge is 2.35. The van der Waals surface area contributed by atoms with Gasteiger partial charge in [-0.25, -0.2) is 0 Å². The molecule has 2 aliphatic heterocycles. The first kappa shape index (κ1) is 16.3. The van der Waals surface area contributed by atoms with Crippen LogP contribution in [0, 0.1) is 0 Å². The van der Waals surface area contributed by atoms with E-state index in [2.05, 4.69) is 4.90 Å². The number of hydrogen-bond acceptors (Lipinski definition) is 4. The van der Waals surface area contributed by atoms with E-state index >= 15 is 0 Å². The fraction of sp³-hybridized carbons (Fsp3) is 0.611. The summed E-state index contributed by atoms with van der Waals surface area (Å²) < 4.78 is 11.3. The van der Waals surface area contributed by atoms with Gasteiger partial charge in [0.15, 0.2) is 0 Å². The van der Waals surface area contributed by atoms with Gasteiger partial charge in [-0.15, -0.1) is 0 Å². The molecule has 2 aliphatic rings. The van der Waals surface area contributed by atoms with Crippen molar-refractivity contribution in [2.75, 3.05) is 44.3 Å². The van der Waals surface area contributed by atoms with Gasteiger partial charge in [-0.05, 0) is 32.9 Å². The van der Waals surface area contributed by atoms with Crippen molar-refractivity contribution in [2.45, 2.75) is 32.5 Å². The molecule has 3 rings (SSSR count). The third-order valence-electron chi connectivity index (χ3n) is 4.34. The SMILES string of the molecule is C[C@H]1CN(C(=O)c2ccccc2N2CCOCC2)CC(C)(C)O1. The molecule has 126 valence electrons. The van der Waals surface area contributed by atoms with E-state index in [9.17, 15) is 4.79 Å². The van der Waals surface area contributed by atoms with E-state index in [-0.39, 0.29) is 17.6 Å². The quantitative estimate of drug-likeness (QED) is 0.838. The van der Waals surface area contributed by atoms with Gasteiger partial charge in [-0.3, -0.25) is 4.79 Å². The molecule has 1 atom stereocenters. The summed E-state index contributed by atoms with van der Waals surface area (Å²) in [6.45, 7) is 10.4. The van der Waals surface area contributed by atoms with Gasteiger partial charge in [0.25, 0.3) is 5.91 Å². The molecule has 1 aromatic rings. The molecular weight excluding hydrogens is 292 g/mol. The molecule has 0 radical (unpaired) electrons. The molecule has 0 saturated carbocycles. The summed E-state index contributed by atoms with van der Waals surface area (Å²) in [4.78, 5) is 17.3. The molecule has 23 heavy (non-hydrogen) atoms. The number of rotatable bonds is 2. The standard InChI is InChI=1S/C18H26N2O3/c1-14-12-20(13-18(2,3)23-14)17(21)15-6-4-5-7-16(15)19-8-10-22-11-9-19/h4-7,14H,8-13H2,1-3H3/t14-/m0/s1. The van der Waals surface area contributed by atoms with E-state index < -0.39 is 0 Å². The van der Waals surface area contributed by atoms with Crippen LogP contribution in [0.5, 0.6) is 0 Å². The first-order valence-corrected chi connectivity index (χ1v) is 8.35. The molecule has 2 fully saturated rings. The summed E-state index contributed by atoms with van der Waals surface area (Å²) in [5.74, 6) is 0.0929. The Balaban J connectivity index is 1.84. The van der Waals surface area contributed by atoms with Crippen LogP contribution in [0.4, 0.5) is 5.69 Å². The van der Waals surface area contributed by atoms with Gasteiger partial charge in [0.2, 0.25) is 0 Å². The van der Waals surface area contributed by atoms with Crippen molar-refractivity contribution in [3.63, 3.8) is 0 Å². The van der Waals surface area contributed by atoms with E-state index in [1.54, 1.807) is 0 Å². The van der Waals surface area contributed by atoms with Crippen molar-refractivity contribution < 1.29 is 14.3 Å². The molecule has 0 aromatic heterocycles. The van der Waals surface area contributed by atoms with Crippen LogP contribution >= 0.6 is 0 Å². The number of benzene rings is 1. The van der Waals surface area contributed by atoms with E-state index in [1.165, 1.54) is 0 Å². The zero-order valence-corrected chi connectivity index (χ0v) is 14.2. The molecule has 0 unspecified atom stereocenters. The summed E-state index contributed by atoms with van der Waals surface area (Å²) in [7, 11) is 0. The van der Waals surface area contributed by atoms with E-state index in [1.807, 2.05) is 49.9 Å². The topological polar surface area (TPSA) is 42.0 Å². The predicted molar refractivity (Wildman–Crippen MR) is 90.0 cm³/mol. The number of ether oxygens (including phenoxy) is 2. The molecule has 0 aliphatic carbocycles.